The molecule has 124 valence electrons. The van der Waals surface area contributed by atoms with Gasteiger partial charge >= 0.3 is 0 Å². The van der Waals surface area contributed by atoms with Crippen LogP contribution in [-0.2, 0) is 4.79 Å². The summed E-state index contributed by atoms with van der Waals surface area (Å²) < 4.78 is 11.1. The number of likely N-dealkylation sites (tertiary alicyclic amines) is 1. The number of carbonyl (C=O) groups is 1. The van der Waals surface area contributed by atoms with Crippen LogP contribution in [0.3, 0.4) is 0 Å². The molecule has 0 saturated carbocycles. The number of nitrogens with zero attached hydrogens (tertiary/aromatic N) is 3. The summed E-state index contributed by atoms with van der Waals surface area (Å²) in [5, 5.41) is 13.0. The molecule has 1 aromatic heterocycles. The number of hydrogen-bond donors (Lipinski definition) is 0. The van der Waals surface area contributed by atoms with Gasteiger partial charge in [-0.15, -0.1) is 0 Å². The molecule has 0 N–H and O–H groups in total. The van der Waals surface area contributed by atoms with Crippen LogP contribution in [0.15, 0.2) is 34.9 Å². The fourth-order valence-electron chi connectivity index (χ4n) is 3.00. The van der Waals surface area contributed by atoms with E-state index in [9.17, 15) is 4.79 Å². The maximum absolute atomic E-state index is 12.8. The van der Waals surface area contributed by atoms with Gasteiger partial charge in [0.05, 0.1) is 17.3 Å². The number of hydrogen-bond acceptors (Lipinski definition) is 5. The summed E-state index contributed by atoms with van der Waals surface area (Å²) in [5.74, 6) is 1.02. The lowest BCUT2D eigenvalue weighted by Gasteiger charge is -2.26. The first kappa shape index (κ1) is 16.1. The highest BCUT2D eigenvalue weighted by molar-refractivity contribution is 5.81. The average Bonchev–Trinajstić information content (AvgIpc) is 3.23. The van der Waals surface area contributed by atoms with Crippen LogP contribution < -0.4 is 4.74 Å². The van der Waals surface area contributed by atoms with Gasteiger partial charge in [0, 0.05) is 12.6 Å². The number of carbonyl (C=O) groups excluding carboxylic acids is 1. The van der Waals surface area contributed by atoms with Gasteiger partial charge in [-0.3, -0.25) is 4.79 Å². The number of benzene rings is 1. The number of nitriles is 1. The quantitative estimate of drug-likeness (QED) is 0.863. The normalized spacial score (nSPS) is 18.2. The van der Waals surface area contributed by atoms with Crippen LogP contribution in [-0.4, -0.2) is 28.6 Å². The fourth-order valence-corrected chi connectivity index (χ4v) is 3.00. The van der Waals surface area contributed by atoms with E-state index in [-0.39, 0.29) is 11.9 Å². The van der Waals surface area contributed by atoms with Crippen LogP contribution in [0.1, 0.15) is 42.8 Å². The minimum absolute atomic E-state index is 0.101. The molecule has 0 spiro atoms. The number of aryl methyl sites for hydroxylation is 1. The van der Waals surface area contributed by atoms with Crippen molar-refractivity contribution in [3.05, 3.63) is 47.3 Å². The molecule has 1 amide bonds. The van der Waals surface area contributed by atoms with Gasteiger partial charge in [-0.2, -0.15) is 5.26 Å². The Hall–Kier alpha value is -2.81. The molecule has 6 heteroatoms. The molecule has 6 nitrogen and oxygen atoms in total. The third kappa shape index (κ3) is 3.11. The average molecular weight is 325 g/mol. The Morgan fingerprint density at radius 2 is 2.29 bits per heavy atom. The van der Waals surface area contributed by atoms with Crippen molar-refractivity contribution in [2.75, 3.05) is 6.54 Å². The minimum atomic E-state index is -0.677. The number of para-hydroxylation sites is 1. The standard InChI is InChI=1S/C18H19N3O3/c1-12-10-17(24-20-12)15-7-5-9-21(15)18(22)13(2)23-16-8-4-3-6-14(16)11-19/h3-4,6,8,10,13,15H,5,7,9H2,1-2H3/t13-,15-/m1/s1. The zero-order valence-electron chi connectivity index (χ0n) is 13.7. The number of ether oxygens (including phenoxy) is 1. The first-order valence-corrected chi connectivity index (χ1v) is 7.99. The fraction of sp³-hybridized carbons (Fsp3) is 0.389. The maximum Gasteiger partial charge on any atom is 0.263 e. The summed E-state index contributed by atoms with van der Waals surface area (Å²) in [5.41, 5.74) is 1.22. The van der Waals surface area contributed by atoms with E-state index in [1.54, 1.807) is 36.1 Å². The minimum Gasteiger partial charge on any atom is -0.480 e. The number of amides is 1. The van der Waals surface area contributed by atoms with Gasteiger partial charge in [-0.1, -0.05) is 17.3 Å². The Labute approximate surface area is 140 Å². The first-order chi connectivity index (χ1) is 11.6. The van der Waals surface area contributed by atoms with Crippen molar-refractivity contribution in [2.45, 2.75) is 38.8 Å². The van der Waals surface area contributed by atoms with Crippen molar-refractivity contribution >= 4 is 5.91 Å². The summed E-state index contributed by atoms with van der Waals surface area (Å²) in [6.07, 6.45) is 1.09. The van der Waals surface area contributed by atoms with Crippen molar-refractivity contribution in [1.82, 2.24) is 10.1 Å². The van der Waals surface area contributed by atoms with E-state index in [1.807, 2.05) is 13.0 Å². The third-order valence-electron chi connectivity index (χ3n) is 4.17. The van der Waals surface area contributed by atoms with Gasteiger partial charge in [0.25, 0.3) is 5.91 Å². The Balaban J connectivity index is 1.74. The van der Waals surface area contributed by atoms with Gasteiger partial charge in [-0.25, -0.2) is 0 Å². The molecule has 0 aliphatic carbocycles. The molecule has 0 radical (unpaired) electrons. The molecule has 24 heavy (non-hydrogen) atoms. The Bertz CT molecular complexity index is 778. The monoisotopic (exact) mass is 325 g/mol. The predicted molar refractivity (Wildman–Crippen MR) is 86.2 cm³/mol. The van der Waals surface area contributed by atoms with E-state index in [1.165, 1.54) is 0 Å². The predicted octanol–water partition coefficient (Wildman–Crippen LogP) is 2.99. The van der Waals surface area contributed by atoms with Crippen molar-refractivity contribution < 1.29 is 14.1 Å². The van der Waals surface area contributed by atoms with E-state index in [2.05, 4.69) is 11.2 Å². The van der Waals surface area contributed by atoms with Crippen LogP contribution in [0.2, 0.25) is 0 Å². The zero-order valence-corrected chi connectivity index (χ0v) is 13.7. The van der Waals surface area contributed by atoms with E-state index in [4.69, 9.17) is 14.5 Å². The summed E-state index contributed by atoms with van der Waals surface area (Å²) in [6.45, 7) is 4.23. The van der Waals surface area contributed by atoms with Crippen molar-refractivity contribution in [3.8, 4) is 11.8 Å². The largest absolute Gasteiger partial charge is 0.480 e. The van der Waals surface area contributed by atoms with Crippen LogP contribution in [0, 0.1) is 18.3 Å². The highest BCUT2D eigenvalue weighted by Crippen LogP contribution is 2.33. The molecule has 2 atom stereocenters. The summed E-state index contributed by atoms with van der Waals surface area (Å²) in [7, 11) is 0. The third-order valence-corrected chi connectivity index (χ3v) is 4.17. The highest BCUT2D eigenvalue weighted by Gasteiger charge is 2.35. The molecule has 1 saturated heterocycles. The summed E-state index contributed by atoms with van der Waals surface area (Å²) >= 11 is 0. The van der Waals surface area contributed by atoms with Crippen molar-refractivity contribution in [1.29, 1.82) is 5.26 Å². The molecule has 0 bridgehead atoms. The van der Waals surface area contributed by atoms with E-state index >= 15 is 0 Å². The second-order valence-corrected chi connectivity index (χ2v) is 5.93. The van der Waals surface area contributed by atoms with Crippen LogP contribution in [0.4, 0.5) is 0 Å². The lowest BCUT2D eigenvalue weighted by molar-refractivity contribution is -0.139. The second kappa shape index (κ2) is 6.75. The molecular weight excluding hydrogens is 306 g/mol. The number of aromatic nitrogens is 1. The molecule has 1 fully saturated rings. The Morgan fingerprint density at radius 3 is 3.00 bits per heavy atom. The molecular formula is C18H19N3O3. The molecule has 1 aliphatic rings. The van der Waals surface area contributed by atoms with Gasteiger partial charge < -0.3 is 14.2 Å². The molecule has 1 aromatic carbocycles. The summed E-state index contributed by atoms with van der Waals surface area (Å²) in [6, 6.07) is 10.8. The van der Waals surface area contributed by atoms with E-state index in [0.717, 1.165) is 18.5 Å². The number of rotatable bonds is 4. The van der Waals surface area contributed by atoms with Crippen molar-refractivity contribution in [2.24, 2.45) is 0 Å². The van der Waals surface area contributed by atoms with Gasteiger partial charge in [0.1, 0.15) is 11.8 Å². The Morgan fingerprint density at radius 1 is 1.50 bits per heavy atom. The first-order valence-electron chi connectivity index (χ1n) is 7.99. The van der Waals surface area contributed by atoms with Gasteiger partial charge in [-0.05, 0) is 38.8 Å². The van der Waals surface area contributed by atoms with E-state index in [0.29, 0.717) is 23.6 Å². The molecule has 2 aromatic rings. The molecule has 1 aliphatic heterocycles. The van der Waals surface area contributed by atoms with E-state index < -0.39 is 6.10 Å². The van der Waals surface area contributed by atoms with Gasteiger partial charge in [0.2, 0.25) is 0 Å². The topological polar surface area (TPSA) is 79.4 Å². The van der Waals surface area contributed by atoms with Gasteiger partial charge in [0.15, 0.2) is 11.9 Å². The molecule has 0 unspecified atom stereocenters. The molecule has 3 rings (SSSR count). The SMILES string of the molecule is Cc1cc([C@H]2CCCN2C(=O)[C@@H](C)Oc2ccccc2C#N)on1. The zero-order chi connectivity index (χ0) is 17.1. The lowest BCUT2D eigenvalue weighted by Crippen LogP contribution is -2.40. The second-order valence-electron chi connectivity index (χ2n) is 5.93. The summed E-state index contributed by atoms with van der Waals surface area (Å²) in [4.78, 5) is 14.6. The van der Waals surface area contributed by atoms with Crippen molar-refractivity contribution in [3.63, 3.8) is 0 Å². The lowest BCUT2D eigenvalue weighted by atomic mass is 10.1. The Kier molecular flexibility index (Phi) is 4.52. The van der Waals surface area contributed by atoms with Crippen LogP contribution in [0.25, 0.3) is 0 Å². The maximum atomic E-state index is 12.8. The van der Waals surface area contributed by atoms with Crippen LogP contribution in [0.5, 0.6) is 5.75 Å². The molecule has 2 heterocycles. The highest BCUT2D eigenvalue weighted by atomic mass is 16.5. The smallest absolute Gasteiger partial charge is 0.263 e. The van der Waals surface area contributed by atoms with Crippen LogP contribution >= 0.6 is 0 Å².